The zero-order valence-electron chi connectivity index (χ0n) is 24.9. The molecule has 0 bridgehead atoms. The number of carbonyl (C=O) groups is 1. The quantitative estimate of drug-likeness (QED) is 0.0546. The SMILES string of the molecule is C[C@@H]1O[C@@H](O[C@H]2[C@@H]3C=CO[C@@H](O[C@@H]4O[C@H](CO)[C@@H](O)[C@H](O)[C@H]4O)C3[C@@]3(CO)O[C@@H]23)[C@H](O)[C@H](OC(=O)/C=C/c2ccc(O)c(O)c2)[C@H]1O. The number of carbonyl (C=O) groups excluding carboxylic acids is 1. The van der Waals surface area contributed by atoms with Crippen molar-refractivity contribution in [3.05, 3.63) is 42.2 Å². The van der Waals surface area contributed by atoms with Crippen LogP contribution in [0.2, 0.25) is 0 Å². The molecule has 1 saturated carbocycles. The first-order valence-corrected chi connectivity index (χ1v) is 15.0. The summed E-state index contributed by atoms with van der Waals surface area (Å²) in [6.07, 6.45) is -12.4. The normalized spacial score (nSPS) is 45.7. The maximum absolute atomic E-state index is 12.6. The molecule has 0 radical (unpaired) electrons. The van der Waals surface area contributed by atoms with Gasteiger partial charge in [-0.1, -0.05) is 6.07 Å². The molecule has 17 heteroatoms. The van der Waals surface area contributed by atoms with Crippen LogP contribution in [0.25, 0.3) is 6.08 Å². The molecule has 5 aliphatic rings. The Morgan fingerprint density at radius 2 is 1.64 bits per heavy atom. The van der Waals surface area contributed by atoms with Crippen molar-refractivity contribution < 1.29 is 83.9 Å². The number of aliphatic hydroxyl groups excluding tert-OH is 7. The van der Waals surface area contributed by atoms with Crippen molar-refractivity contribution in [3.63, 3.8) is 0 Å². The van der Waals surface area contributed by atoms with Gasteiger partial charge in [0, 0.05) is 12.0 Å². The number of esters is 1. The lowest BCUT2D eigenvalue weighted by molar-refractivity contribution is -0.347. The fourth-order valence-corrected chi connectivity index (χ4v) is 6.70. The predicted octanol–water partition coefficient (Wildman–Crippen LogP) is -3.06. The van der Waals surface area contributed by atoms with Crippen LogP contribution in [0, 0.1) is 11.8 Å². The summed E-state index contributed by atoms with van der Waals surface area (Å²) in [5, 5.41) is 91.7. The highest BCUT2D eigenvalue weighted by atomic mass is 16.8. The van der Waals surface area contributed by atoms with E-state index in [9.17, 15) is 50.8 Å². The largest absolute Gasteiger partial charge is 0.504 e. The average molecular weight is 671 g/mol. The molecule has 9 N–H and O–H groups in total. The minimum Gasteiger partial charge on any atom is -0.504 e. The van der Waals surface area contributed by atoms with Crippen LogP contribution in [-0.4, -0.2) is 151 Å². The van der Waals surface area contributed by atoms with E-state index in [2.05, 4.69) is 0 Å². The molecule has 1 aromatic carbocycles. The van der Waals surface area contributed by atoms with Crippen LogP contribution >= 0.6 is 0 Å². The van der Waals surface area contributed by atoms with Gasteiger partial charge in [-0.2, -0.15) is 0 Å². The molecule has 0 spiro atoms. The van der Waals surface area contributed by atoms with Gasteiger partial charge in [0.15, 0.2) is 30.2 Å². The van der Waals surface area contributed by atoms with Gasteiger partial charge in [-0.15, -0.1) is 0 Å². The van der Waals surface area contributed by atoms with E-state index in [1.807, 2.05) is 0 Å². The van der Waals surface area contributed by atoms with Gasteiger partial charge in [0.2, 0.25) is 6.29 Å². The Balaban J connectivity index is 1.15. The zero-order chi connectivity index (χ0) is 33.8. The number of epoxide rings is 1. The maximum atomic E-state index is 12.6. The molecule has 4 heterocycles. The number of aliphatic hydroxyl groups is 7. The summed E-state index contributed by atoms with van der Waals surface area (Å²) >= 11 is 0. The minimum absolute atomic E-state index is 0.340. The van der Waals surface area contributed by atoms with Gasteiger partial charge in [-0.3, -0.25) is 0 Å². The maximum Gasteiger partial charge on any atom is 0.331 e. The average Bonchev–Trinajstić information content (AvgIpc) is 3.73. The number of benzene rings is 1. The van der Waals surface area contributed by atoms with Gasteiger partial charge in [0.05, 0.1) is 37.6 Å². The van der Waals surface area contributed by atoms with Crippen molar-refractivity contribution in [2.24, 2.45) is 11.8 Å². The second-order valence-electron chi connectivity index (χ2n) is 12.2. The highest BCUT2D eigenvalue weighted by molar-refractivity contribution is 5.87. The van der Waals surface area contributed by atoms with Crippen LogP contribution in [0.3, 0.4) is 0 Å². The number of fused-ring (bicyclic) bond motifs is 3. The number of ether oxygens (including phenoxy) is 7. The lowest BCUT2D eigenvalue weighted by Crippen LogP contribution is -2.60. The van der Waals surface area contributed by atoms with E-state index < -0.39 is 122 Å². The topological polar surface area (TPSA) is 267 Å². The molecular weight excluding hydrogens is 632 g/mol. The van der Waals surface area contributed by atoms with Crippen LogP contribution in [-0.2, 0) is 38.0 Å². The highest BCUT2D eigenvalue weighted by Gasteiger charge is 2.77. The van der Waals surface area contributed by atoms with Gasteiger partial charge < -0.3 is 79.1 Å². The molecule has 3 saturated heterocycles. The Morgan fingerprint density at radius 1 is 0.894 bits per heavy atom. The Bertz CT molecular complexity index is 1350. The Morgan fingerprint density at radius 3 is 2.34 bits per heavy atom. The third-order valence-corrected chi connectivity index (χ3v) is 9.33. The van der Waals surface area contributed by atoms with E-state index in [1.54, 1.807) is 6.08 Å². The summed E-state index contributed by atoms with van der Waals surface area (Å²) in [4.78, 5) is 12.6. The van der Waals surface area contributed by atoms with Crippen molar-refractivity contribution in [1.29, 1.82) is 0 Å². The Hall–Kier alpha value is -2.91. The van der Waals surface area contributed by atoms with Gasteiger partial charge >= 0.3 is 5.97 Å². The summed E-state index contributed by atoms with van der Waals surface area (Å²) in [7, 11) is 0. The first-order valence-electron chi connectivity index (χ1n) is 15.0. The van der Waals surface area contributed by atoms with Crippen molar-refractivity contribution in [2.75, 3.05) is 13.2 Å². The molecule has 0 amide bonds. The van der Waals surface area contributed by atoms with Gasteiger partial charge in [0.25, 0.3) is 0 Å². The van der Waals surface area contributed by atoms with E-state index in [-0.39, 0.29) is 5.75 Å². The van der Waals surface area contributed by atoms with Gasteiger partial charge in [-0.05, 0) is 36.8 Å². The van der Waals surface area contributed by atoms with E-state index in [0.717, 1.165) is 6.08 Å². The smallest absolute Gasteiger partial charge is 0.331 e. The third kappa shape index (κ3) is 6.11. The molecule has 16 atom stereocenters. The standard InChI is InChI=1S/C30H38O17/c1-11-19(36)25(44-17(35)5-3-12-2-4-14(33)15(34)8-12)23(40)29(42-11)45-24-13-6-7-41-27(18(13)30(10-32)26(24)47-30)46-28-22(39)21(38)20(37)16(9-31)43-28/h2-8,11,13,16,18-29,31-34,36-40H,9-10H2,1H3/b5-3+/t11-,13+,16+,18?,19-,20+,21-,22+,23+,24-,25+,26-,27-,28-,29-,30+/m0/s1. The zero-order valence-corrected chi connectivity index (χ0v) is 24.9. The first-order chi connectivity index (χ1) is 22.4. The summed E-state index contributed by atoms with van der Waals surface area (Å²) < 4.78 is 40.2. The summed E-state index contributed by atoms with van der Waals surface area (Å²) in [5.41, 5.74) is -0.881. The second kappa shape index (κ2) is 13.2. The summed E-state index contributed by atoms with van der Waals surface area (Å²) in [6.45, 7) is 0.319. The number of hydrogen-bond acceptors (Lipinski definition) is 17. The molecule has 0 aromatic heterocycles. The summed E-state index contributed by atoms with van der Waals surface area (Å²) in [6, 6.07) is 3.89. The second-order valence-corrected chi connectivity index (χ2v) is 12.2. The molecule has 4 fully saturated rings. The molecular formula is C30H38O17. The number of phenolic OH excluding ortho intramolecular Hbond substituents is 2. The van der Waals surface area contributed by atoms with E-state index in [4.69, 9.17) is 33.2 Å². The van der Waals surface area contributed by atoms with Crippen molar-refractivity contribution in [3.8, 4) is 11.5 Å². The fraction of sp³-hybridized carbons (Fsp3) is 0.633. The summed E-state index contributed by atoms with van der Waals surface area (Å²) in [5.74, 6) is -3.03. The lowest BCUT2D eigenvalue weighted by Gasteiger charge is -2.44. The van der Waals surface area contributed by atoms with Crippen molar-refractivity contribution in [2.45, 2.75) is 92.4 Å². The van der Waals surface area contributed by atoms with Crippen LogP contribution in [0.1, 0.15) is 12.5 Å². The van der Waals surface area contributed by atoms with Gasteiger partial charge in [0.1, 0.15) is 48.3 Å². The number of rotatable bonds is 9. The van der Waals surface area contributed by atoms with Crippen molar-refractivity contribution in [1.82, 2.24) is 0 Å². The molecule has 1 aromatic rings. The van der Waals surface area contributed by atoms with Crippen LogP contribution in [0.5, 0.6) is 11.5 Å². The Kier molecular flexibility index (Phi) is 9.53. The van der Waals surface area contributed by atoms with E-state index >= 15 is 0 Å². The van der Waals surface area contributed by atoms with Crippen LogP contribution in [0.15, 0.2) is 36.6 Å². The number of aromatic hydroxyl groups is 2. The molecule has 1 unspecified atom stereocenters. The molecule has 1 aliphatic carbocycles. The predicted molar refractivity (Wildman–Crippen MR) is 150 cm³/mol. The van der Waals surface area contributed by atoms with E-state index in [0.29, 0.717) is 5.56 Å². The minimum atomic E-state index is -1.71. The first kappa shape index (κ1) is 34.0. The number of phenols is 2. The molecule has 6 rings (SSSR count). The Labute approximate surface area is 267 Å². The van der Waals surface area contributed by atoms with Gasteiger partial charge in [-0.25, -0.2) is 4.79 Å². The molecule has 17 nitrogen and oxygen atoms in total. The lowest BCUT2D eigenvalue weighted by atomic mass is 9.85. The van der Waals surface area contributed by atoms with Crippen LogP contribution in [0.4, 0.5) is 0 Å². The third-order valence-electron chi connectivity index (χ3n) is 9.33. The monoisotopic (exact) mass is 670 g/mol. The van der Waals surface area contributed by atoms with E-state index in [1.165, 1.54) is 37.5 Å². The fourth-order valence-electron chi connectivity index (χ4n) is 6.70. The molecule has 4 aliphatic heterocycles. The van der Waals surface area contributed by atoms with Crippen molar-refractivity contribution >= 4 is 12.0 Å². The number of hydrogen-bond donors (Lipinski definition) is 9. The van der Waals surface area contributed by atoms with Crippen LogP contribution < -0.4 is 0 Å². The highest BCUT2D eigenvalue weighted by Crippen LogP contribution is 2.61. The molecule has 47 heavy (non-hydrogen) atoms. The molecule has 260 valence electrons.